The molecule has 0 unspecified atom stereocenters. The summed E-state index contributed by atoms with van der Waals surface area (Å²) in [6.45, 7) is 6.59. The van der Waals surface area contributed by atoms with Crippen molar-refractivity contribution in [1.82, 2.24) is 4.98 Å². The van der Waals surface area contributed by atoms with Crippen LogP contribution in [0.3, 0.4) is 0 Å². The molecule has 39 heavy (non-hydrogen) atoms. The number of rotatable bonds is 17. The van der Waals surface area contributed by atoms with Gasteiger partial charge in [0.1, 0.15) is 11.5 Å². The maximum Gasteiger partial charge on any atom is 0.343 e. The van der Waals surface area contributed by atoms with Crippen LogP contribution in [-0.4, -0.2) is 30.1 Å². The third kappa shape index (κ3) is 10.8. The van der Waals surface area contributed by atoms with Crippen LogP contribution in [0.2, 0.25) is 0 Å². The number of nitrogens with zero attached hydrogens (tertiary/aromatic N) is 1. The lowest BCUT2D eigenvalue weighted by atomic mass is 10.1. The second-order valence-electron chi connectivity index (χ2n) is 9.43. The summed E-state index contributed by atoms with van der Waals surface area (Å²) in [6.07, 6.45) is 12.8. The molecule has 2 aromatic carbocycles. The molecule has 0 aliphatic heterocycles. The van der Waals surface area contributed by atoms with E-state index in [0.717, 1.165) is 43.4 Å². The number of carbonyl (C=O) groups is 2. The summed E-state index contributed by atoms with van der Waals surface area (Å²) in [4.78, 5) is 28.2. The van der Waals surface area contributed by atoms with Gasteiger partial charge in [-0.2, -0.15) is 0 Å². The Labute approximate surface area is 232 Å². The highest BCUT2D eigenvalue weighted by Gasteiger charge is 2.10. The summed E-state index contributed by atoms with van der Waals surface area (Å²) in [6, 6.07) is 18.5. The van der Waals surface area contributed by atoms with Crippen LogP contribution in [0.5, 0.6) is 11.5 Å². The van der Waals surface area contributed by atoms with Crippen LogP contribution in [0, 0.1) is 0 Å². The van der Waals surface area contributed by atoms with E-state index >= 15 is 0 Å². The molecule has 0 atom stereocenters. The molecule has 1 aromatic heterocycles. The van der Waals surface area contributed by atoms with E-state index in [1.807, 2.05) is 24.4 Å². The molecule has 1 heterocycles. The van der Waals surface area contributed by atoms with Gasteiger partial charge in [0.05, 0.1) is 24.5 Å². The maximum absolute atomic E-state index is 12.6. The van der Waals surface area contributed by atoms with Gasteiger partial charge in [0.25, 0.3) is 0 Å². The molecule has 0 amide bonds. The predicted octanol–water partition coefficient (Wildman–Crippen LogP) is 7.76. The van der Waals surface area contributed by atoms with Gasteiger partial charge in [-0.05, 0) is 98.7 Å². The zero-order chi connectivity index (χ0) is 27.7. The summed E-state index contributed by atoms with van der Waals surface area (Å²) in [7, 11) is 0. The normalized spacial score (nSPS) is 10.6. The van der Waals surface area contributed by atoms with Gasteiger partial charge in [0, 0.05) is 17.8 Å². The molecule has 0 spiro atoms. The van der Waals surface area contributed by atoms with E-state index in [-0.39, 0.29) is 5.97 Å². The first-order chi connectivity index (χ1) is 19.1. The number of aromatic nitrogens is 1. The third-order valence-corrected chi connectivity index (χ3v) is 6.31. The summed E-state index contributed by atoms with van der Waals surface area (Å²) in [5.41, 5.74) is 3.59. The van der Waals surface area contributed by atoms with Crippen molar-refractivity contribution in [2.45, 2.75) is 64.7 Å². The van der Waals surface area contributed by atoms with Crippen LogP contribution < -0.4 is 9.47 Å². The third-order valence-electron chi connectivity index (χ3n) is 6.31. The average Bonchev–Trinajstić information content (AvgIpc) is 2.97. The quantitative estimate of drug-likeness (QED) is 0.0770. The molecule has 6 heteroatoms. The van der Waals surface area contributed by atoms with Gasteiger partial charge in [-0.1, -0.05) is 38.8 Å². The highest BCUT2D eigenvalue weighted by molar-refractivity contribution is 5.91. The Bertz CT molecular complexity index is 1150. The highest BCUT2D eigenvalue weighted by atomic mass is 16.5. The Morgan fingerprint density at radius 1 is 0.795 bits per heavy atom. The summed E-state index contributed by atoms with van der Waals surface area (Å²) >= 11 is 0. The second kappa shape index (κ2) is 16.8. The molecule has 0 N–H and O–H groups in total. The van der Waals surface area contributed by atoms with Gasteiger partial charge in [-0.3, -0.25) is 4.98 Å². The van der Waals surface area contributed by atoms with Gasteiger partial charge in [0.2, 0.25) is 0 Å². The molecule has 0 fully saturated rings. The van der Waals surface area contributed by atoms with Crippen molar-refractivity contribution in [3.63, 3.8) is 0 Å². The minimum Gasteiger partial charge on any atom is -0.494 e. The predicted molar refractivity (Wildman–Crippen MR) is 154 cm³/mol. The topological polar surface area (TPSA) is 74.7 Å². The molecule has 0 aliphatic rings. The number of hydrogen-bond acceptors (Lipinski definition) is 6. The van der Waals surface area contributed by atoms with E-state index in [2.05, 4.69) is 24.6 Å². The van der Waals surface area contributed by atoms with E-state index in [9.17, 15) is 9.59 Å². The number of hydrogen-bond donors (Lipinski definition) is 0. The SMILES string of the molecule is C=CC(=O)OCCCCCCOc1ccc(C(=O)Oc2ccc(-c3ccc(CCCCCC)cn3)cc2)cc1. The largest absolute Gasteiger partial charge is 0.494 e. The zero-order valence-corrected chi connectivity index (χ0v) is 22.9. The number of carbonyl (C=O) groups excluding carboxylic acids is 2. The van der Waals surface area contributed by atoms with Gasteiger partial charge in [-0.25, -0.2) is 9.59 Å². The minimum atomic E-state index is -0.419. The van der Waals surface area contributed by atoms with E-state index in [1.165, 1.54) is 37.3 Å². The first-order valence-corrected chi connectivity index (χ1v) is 13.9. The van der Waals surface area contributed by atoms with Gasteiger partial charge in [-0.15, -0.1) is 0 Å². The van der Waals surface area contributed by atoms with Crippen LogP contribution >= 0.6 is 0 Å². The van der Waals surface area contributed by atoms with E-state index in [0.29, 0.717) is 30.3 Å². The molecule has 3 aromatic rings. The van der Waals surface area contributed by atoms with Crippen molar-refractivity contribution in [2.75, 3.05) is 13.2 Å². The van der Waals surface area contributed by atoms with Crippen molar-refractivity contribution < 1.29 is 23.8 Å². The number of benzene rings is 2. The molecule has 0 bridgehead atoms. The lowest BCUT2D eigenvalue weighted by Gasteiger charge is -2.08. The summed E-state index contributed by atoms with van der Waals surface area (Å²) in [5.74, 6) is 0.383. The van der Waals surface area contributed by atoms with Crippen LogP contribution in [0.1, 0.15) is 74.2 Å². The number of esters is 2. The van der Waals surface area contributed by atoms with Crippen molar-refractivity contribution in [2.24, 2.45) is 0 Å². The van der Waals surface area contributed by atoms with Crippen LogP contribution in [0.25, 0.3) is 11.3 Å². The second-order valence-corrected chi connectivity index (χ2v) is 9.43. The lowest BCUT2D eigenvalue weighted by Crippen LogP contribution is -2.08. The summed E-state index contributed by atoms with van der Waals surface area (Å²) < 4.78 is 16.2. The Morgan fingerprint density at radius 2 is 1.49 bits per heavy atom. The van der Waals surface area contributed by atoms with E-state index < -0.39 is 5.97 Å². The molecule has 6 nitrogen and oxygen atoms in total. The van der Waals surface area contributed by atoms with Crippen molar-refractivity contribution in [3.05, 3.63) is 90.6 Å². The van der Waals surface area contributed by atoms with Crippen LogP contribution in [0.4, 0.5) is 0 Å². The molecule has 0 radical (unpaired) electrons. The Balaban J connectivity index is 1.38. The maximum atomic E-state index is 12.6. The fraction of sp³-hybridized carbons (Fsp3) is 0.364. The van der Waals surface area contributed by atoms with Gasteiger partial charge < -0.3 is 14.2 Å². The number of aryl methyl sites for hydroxylation is 1. The Kier molecular flexibility index (Phi) is 12.8. The molecule has 0 saturated carbocycles. The zero-order valence-electron chi connectivity index (χ0n) is 22.9. The van der Waals surface area contributed by atoms with Crippen LogP contribution in [0.15, 0.2) is 79.5 Å². The number of pyridine rings is 1. The molecule has 3 rings (SSSR count). The van der Waals surface area contributed by atoms with Crippen LogP contribution in [-0.2, 0) is 16.0 Å². The average molecular weight is 530 g/mol. The summed E-state index contributed by atoms with van der Waals surface area (Å²) in [5, 5.41) is 0. The minimum absolute atomic E-state index is 0.384. The van der Waals surface area contributed by atoms with Crippen molar-refractivity contribution in [3.8, 4) is 22.8 Å². The first-order valence-electron chi connectivity index (χ1n) is 13.9. The van der Waals surface area contributed by atoms with Gasteiger partial charge in [0.15, 0.2) is 0 Å². The Morgan fingerprint density at radius 3 is 2.15 bits per heavy atom. The molecule has 0 aliphatic carbocycles. The van der Waals surface area contributed by atoms with E-state index in [1.54, 1.807) is 36.4 Å². The highest BCUT2D eigenvalue weighted by Crippen LogP contribution is 2.22. The molecular weight excluding hydrogens is 490 g/mol. The molecular formula is C33H39NO5. The van der Waals surface area contributed by atoms with E-state index in [4.69, 9.17) is 14.2 Å². The fourth-order valence-electron chi connectivity index (χ4n) is 4.03. The first kappa shape index (κ1) is 29.6. The lowest BCUT2D eigenvalue weighted by molar-refractivity contribution is -0.137. The monoisotopic (exact) mass is 529 g/mol. The fourth-order valence-corrected chi connectivity index (χ4v) is 4.03. The number of ether oxygens (including phenoxy) is 3. The molecule has 206 valence electrons. The molecule has 0 saturated heterocycles. The van der Waals surface area contributed by atoms with Crippen molar-refractivity contribution >= 4 is 11.9 Å². The standard InChI is InChI=1S/C33H39NO5/c1-3-5-6-9-12-26-13-22-31(34-25-26)27-14-20-30(21-15-27)39-33(36)28-16-18-29(19-17-28)37-23-10-7-8-11-24-38-32(35)4-2/h4,13-22,25H,2-3,5-12,23-24H2,1H3. The van der Waals surface area contributed by atoms with Gasteiger partial charge >= 0.3 is 11.9 Å². The van der Waals surface area contributed by atoms with Crippen molar-refractivity contribution in [1.29, 1.82) is 0 Å². The number of unbranched alkanes of at least 4 members (excludes halogenated alkanes) is 6. The smallest absolute Gasteiger partial charge is 0.343 e. The Hall–Kier alpha value is -3.93.